The average Bonchev–Trinajstić information content (AvgIpc) is 2.66. The molecule has 0 spiro atoms. The molecule has 30 heavy (non-hydrogen) atoms. The second kappa shape index (κ2) is 24.5. The summed E-state index contributed by atoms with van der Waals surface area (Å²) in [6.45, 7) is 2.23. The van der Waals surface area contributed by atoms with Crippen molar-refractivity contribution in [2.45, 2.75) is 148 Å². The number of aliphatic hydroxyl groups excluding tert-OH is 1. The van der Waals surface area contributed by atoms with Gasteiger partial charge in [0.15, 0.2) is 0 Å². The van der Waals surface area contributed by atoms with Crippen LogP contribution < -0.4 is 29.6 Å². The zero-order valence-electron chi connectivity index (χ0n) is 20.2. The van der Waals surface area contributed by atoms with Gasteiger partial charge in [0.2, 0.25) is 0 Å². The van der Waals surface area contributed by atoms with Crippen LogP contribution in [0.1, 0.15) is 142 Å². The van der Waals surface area contributed by atoms with Crippen molar-refractivity contribution >= 4 is 10.1 Å². The summed E-state index contributed by atoms with van der Waals surface area (Å²) in [6, 6.07) is 0. The minimum Gasteiger partial charge on any atom is -0.748 e. The van der Waals surface area contributed by atoms with E-state index in [1.165, 1.54) is 96.3 Å². The predicted octanol–water partition coefficient (Wildman–Crippen LogP) is 4.11. The maximum atomic E-state index is 10.5. The Morgan fingerprint density at radius 2 is 0.900 bits per heavy atom. The molecule has 0 aliphatic heterocycles. The molecule has 1 N–H and O–H groups in total. The van der Waals surface area contributed by atoms with Crippen LogP contribution >= 0.6 is 0 Å². The van der Waals surface area contributed by atoms with Crippen molar-refractivity contribution in [3.63, 3.8) is 0 Å². The molecule has 4 nitrogen and oxygen atoms in total. The van der Waals surface area contributed by atoms with Crippen LogP contribution in [0.3, 0.4) is 0 Å². The van der Waals surface area contributed by atoms with Gasteiger partial charge in [-0.15, -0.1) is 0 Å². The first-order valence-corrected chi connectivity index (χ1v) is 14.1. The van der Waals surface area contributed by atoms with E-state index in [0.717, 1.165) is 32.1 Å². The van der Waals surface area contributed by atoms with Crippen LogP contribution in [0, 0.1) is 0 Å². The van der Waals surface area contributed by atoms with E-state index in [-0.39, 0.29) is 41.4 Å². The van der Waals surface area contributed by atoms with Crippen molar-refractivity contribution in [3.05, 3.63) is 0 Å². The van der Waals surface area contributed by atoms with Crippen molar-refractivity contribution in [1.29, 1.82) is 0 Å². The monoisotopic (exact) mass is 456 g/mol. The summed E-state index contributed by atoms with van der Waals surface area (Å²) in [5.41, 5.74) is 0. The molecule has 0 amide bonds. The first-order chi connectivity index (χ1) is 14.0. The van der Waals surface area contributed by atoms with Gasteiger partial charge in [0.05, 0.1) is 16.2 Å². The van der Waals surface area contributed by atoms with Gasteiger partial charge < -0.3 is 9.66 Å². The third-order valence-electron chi connectivity index (χ3n) is 5.82. The summed E-state index contributed by atoms with van der Waals surface area (Å²) in [5.74, 6) is -0.202. The summed E-state index contributed by atoms with van der Waals surface area (Å²) in [4.78, 5) is 0. The zero-order chi connectivity index (χ0) is 21.6. The summed E-state index contributed by atoms with van der Waals surface area (Å²) in [7, 11) is -4.01. The van der Waals surface area contributed by atoms with Crippen LogP contribution in [0.5, 0.6) is 0 Å². The summed E-state index contributed by atoms with van der Waals surface area (Å²) in [6.07, 6.45) is 24.8. The van der Waals surface area contributed by atoms with E-state index in [1.54, 1.807) is 0 Å². The van der Waals surface area contributed by atoms with Crippen LogP contribution in [0.4, 0.5) is 0 Å². The molecule has 6 heteroatoms. The van der Waals surface area contributed by atoms with E-state index in [4.69, 9.17) is 0 Å². The molecular formula is C24H49NaO4S. The molecule has 0 bridgehead atoms. The molecule has 0 aromatic heterocycles. The summed E-state index contributed by atoms with van der Waals surface area (Å²) in [5, 5.41) is 10.0. The normalized spacial score (nSPS) is 12.6. The Balaban J connectivity index is 0. The fourth-order valence-corrected chi connectivity index (χ4v) is 4.47. The molecule has 0 aliphatic carbocycles. The molecule has 0 fully saturated rings. The van der Waals surface area contributed by atoms with Crippen LogP contribution in [0.2, 0.25) is 0 Å². The molecule has 0 heterocycles. The van der Waals surface area contributed by atoms with Gasteiger partial charge >= 0.3 is 29.6 Å². The molecule has 176 valence electrons. The quantitative estimate of drug-likeness (QED) is 0.143. The van der Waals surface area contributed by atoms with Gasteiger partial charge in [0.1, 0.15) is 0 Å². The Hall–Kier alpha value is 0.870. The first kappa shape index (κ1) is 33.0. The largest absolute Gasteiger partial charge is 1.00 e. The van der Waals surface area contributed by atoms with E-state index in [0.29, 0.717) is 6.42 Å². The van der Waals surface area contributed by atoms with Gasteiger partial charge in [-0.25, -0.2) is 8.42 Å². The molecule has 0 aromatic rings. The van der Waals surface area contributed by atoms with Gasteiger partial charge in [-0.05, 0) is 19.3 Å². The van der Waals surface area contributed by atoms with Crippen molar-refractivity contribution in [1.82, 2.24) is 0 Å². The summed E-state index contributed by atoms with van der Waals surface area (Å²) < 4.78 is 31.5. The molecule has 1 unspecified atom stereocenters. The molecule has 0 saturated carbocycles. The second-order valence-corrected chi connectivity index (χ2v) is 10.4. The number of aliphatic hydroxyl groups is 1. The zero-order valence-corrected chi connectivity index (χ0v) is 23.0. The topological polar surface area (TPSA) is 77.4 Å². The van der Waals surface area contributed by atoms with Crippen molar-refractivity contribution in [2.24, 2.45) is 0 Å². The Labute approximate surface area is 210 Å². The number of rotatable bonds is 23. The number of hydrogen-bond donors (Lipinski definition) is 1. The van der Waals surface area contributed by atoms with E-state index < -0.39 is 10.1 Å². The van der Waals surface area contributed by atoms with E-state index in [2.05, 4.69) is 6.92 Å². The van der Waals surface area contributed by atoms with Gasteiger partial charge in [-0.2, -0.15) is 0 Å². The third-order valence-corrected chi connectivity index (χ3v) is 6.61. The molecule has 0 rings (SSSR count). The predicted molar refractivity (Wildman–Crippen MR) is 123 cm³/mol. The average molecular weight is 457 g/mol. The Morgan fingerprint density at radius 1 is 0.600 bits per heavy atom. The van der Waals surface area contributed by atoms with Crippen LogP contribution in [0.15, 0.2) is 0 Å². The van der Waals surface area contributed by atoms with E-state index in [1.807, 2.05) is 0 Å². The molecule has 0 aliphatic rings. The van der Waals surface area contributed by atoms with Gasteiger partial charge in [-0.1, -0.05) is 122 Å². The SMILES string of the molecule is CCCCCCCC(O)CCCCCCCCCCCCCCCCS(=O)(=O)[O-].[Na+]. The second-order valence-electron chi connectivity index (χ2n) is 8.86. The van der Waals surface area contributed by atoms with Crippen molar-refractivity contribution in [2.75, 3.05) is 5.75 Å². The fourth-order valence-electron chi connectivity index (χ4n) is 3.91. The standard InChI is InChI=1S/C24H50O4S.Na/c1-2-3-4-15-18-21-24(25)22-19-16-13-11-9-7-5-6-8-10-12-14-17-20-23-29(26,27)28;/h24-25H,2-23H2,1H3,(H,26,27,28);/q;+1/p-1. The van der Waals surface area contributed by atoms with E-state index in [9.17, 15) is 18.1 Å². The van der Waals surface area contributed by atoms with E-state index >= 15 is 0 Å². The maximum Gasteiger partial charge on any atom is 1.00 e. The van der Waals surface area contributed by atoms with Crippen LogP contribution in [-0.2, 0) is 10.1 Å². The van der Waals surface area contributed by atoms with Gasteiger partial charge in [-0.3, -0.25) is 0 Å². The minimum absolute atomic E-state index is 0. The number of hydrogen-bond acceptors (Lipinski definition) is 4. The Kier molecular flexibility index (Phi) is 27.0. The Bertz CT molecular complexity index is 429. The van der Waals surface area contributed by atoms with Gasteiger partial charge in [0.25, 0.3) is 0 Å². The Morgan fingerprint density at radius 3 is 1.23 bits per heavy atom. The smallest absolute Gasteiger partial charge is 0.748 e. The summed E-state index contributed by atoms with van der Waals surface area (Å²) >= 11 is 0. The van der Waals surface area contributed by atoms with Crippen molar-refractivity contribution in [3.8, 4) is 0 Å². The fraction of sp³-hybridized carbons (Fsp3) is 1.00. The molecule has 0 aromatic carbocycles. The van der Waals surface area contributed by atoms with Gasteiger partial charge in [0, 0.05) is 5.75 Å². The van der Waals surface area contributed by atoms with Crippen molar-refractivity contribution < 1.29 is 47.6 Å². The maximum absolute atomic E-state index is 10.5. The molecular weight excluding hydrogens is 407 g/mol. The third kappa shape index (κ3) is 28.9. The molecule has 0 saturated heterocycles. The first-order valence-electron chi connectivity index (χ1n) is 12.6. The van der Waals surface area contributed by atoms with Crippen LogP contribution in [0.25, 0.3) is 0 Å². The molecule has 1 atom stereocenters. The molecule has 0 radical (unpaired) electrons. The number of unbranched alkanes of at least 4 members (excludes halogenated alkanes) is 17. The van der Waals surface area contributed by atoms with Crippen LogP contribution in [-0.4, -0.2) is 29.9 Å². The minimum atomic E-state index is -4.01.